The van der Waals surface area contributed by atoms with Gasteiger partial charge in [-0.25, -0.2) is 9.79 Å². The van der Waals surface area contributed by atoms with Crippen molar-refractivity contribution in [1.29, 1.82) is 0 Å². The second kappa shape index (κ2) is 11.9. The summed E-state index contributed by atoms with van der Waals surface area (Å²) in [6.07, 6.45) is 8.48. The molecule has 0 amide bonds. The predicted octanol–water partition coefficient (Wildman–Crippen LogP) is 8.99. The van der Waals surface area contributed by atoms with E-state index in [1.807, 2.05) is 6.08 Å². The molecule has 0 bridgehead atoms. The average Bonchev–Trinajstić information content (AvgIpc) is 3.40. The number of rotatable bonds is 6. The van der Waals surface area contributed by atoms with Crippen LogP contribution in [0.15, 0.2) is 75.8 Å². The number of aliphatic hydroxyl groups is 1. The lowest BCUT2D eigenvalue weighted by Crippen LogP contribution is -2.12. The van der Waals surface area contributed by atoms with Gasteiger partial charge in [-0.2, -0.15) is 0 Å². The molecule has 1 aromatic heterocycles. The van der Waals surface area contributed by atoms with Gasteiger partial charge < -0.3 is 14.4 Å². The molecule has 0 unspecified atom stereocenters. The third-order valence-corrected chi connectivity index (χ3v) is 8.68. The quantitative estimate of drug-likeness (QED) is 0.305. The summed E-state index contributed by atoms with van der Waals surface area (Å²) in [6.45, 7) is 6.10. The van der Waals surface area contributed by atoms with Crippen LogP contribution < -0.4 is 0 Å². The first-order valence-electron chi connectivity index (χ1n) is 13.5. The molecule has 2 heterocycles. The number of aromatic nitrogens is 1. The van der Waals surface area contributed by atoms with Crippen LogP contribution in [-0.2, 0) is 9.53 Å². The maximum Gasteiger partial charge on any atom is 0.344 e. The Morgan fingerprint density at radius 1 is 1.10 bits per heavy atom. The van der Waals surface area contributed by atoms with Crippen LogP contribution in [0.5, 0.6) is 0 Å². The summed E-state index contributed by atoms with van der Waals surface area (Å²) in [5, 5.41) is 12.1. The molecule has 39 heavy (non-hydrogen) atoms. The Morgan fingerprint density at radius 2 is 1.79 bits per heavy atom. The van der Waals surface area contributed by atoms with Crippen LogP contribution in [0.3, 0.4) is 0 Å². The van der Waals surface area contributed by atoms with Crippen molar-refractivity contribution in [2.75, 3.05) is 6.61 Å². The van der Waals surface area contributed by atoms with Crippen molar-refractivity contribution in [3.63, 3.8) is 0 Å². The largest absolute Gasteiger partial charge is 0.506 e. The Kier molecular flexibility index (Phi) is 8.34. The summed E-state index contributed by atoms with van der Waals surface area (Å²) in [7, 11) is 0. The average molecular weight is 561 g/mol. The summed E-state index contributed by atoms with van der Waals surface area (Å²) in [4.78, 5) is 17.9. The highest BCUT2D eigenvalue weighted by molar-refractivity contribution is 8.18. The van der Waals surface area contributed by atoms with Crippen molar-refractivity contribution < 1.29 is 14.6 Å². The normalized spacial score (nSPS) is 18.4. The lowest BCUT2D eigenvalue weighted by Gasteiger charge is -2.22. The number of aliphatic imine (C=N–C) groups is 1. The number of benzene rings is 2. The standard InChI is InChI=1S/C32H33ClN2O3S/c1-4-38-32(37)29-30(36)28(39-31(29)34-26-14-12-25(33)13-15-26)19-24-18-20(2)35(21(24)3)27-16-10-23(11-17-27)22-8-6-5-7-9-22/h10-19,22,36H,4-9H2,1-3H3/b28-19-,34-31?. The SMILES string of the molecule is CCOC(=O)C1=C(O)/C(=C/c2cc(C)n(-c3ccc(C4CCCCC4)cc3)c2C)SC1=Nc1ccc(Cl)cc1. The number of halogens is 1. The fraction of sp³-hybridized carbons (Fsp3) is 0.312. The summed E-state index contributed by atoms with van der Waals surface area (Å²) in [6, 6.07) is 18.1. The van der Waals surface area contributed by atoms with Gasteiger partial charge in [-0.05, 0) is 99.2 Å². The Morgan fingerprint density at radius 3 is 2.46 bits per heavy atom. The molecule has 0 spiro atoms. The molecule has 202 valence electrons. The molecule has 3 aromatic rings. The highest BCUT2D eigenvalue weighted by Gasteiger charge is 2.33. The molecular formula is C32H33ClN2O3S. The predicted molar refractivity (Wildman–Crippen MR) is 161 cm³/mol. The molecule has 1 aliphatic carbocycles. The number of nitrogens with zero attached hydrogens (tertiary/aromatic N) is 2. The number of esters is 1. The number of carbonyl (C=O) groups excluding carboxylic acids is 1. The zero-order chi connectivity index (χ0) is 27.5. The summed E-state index contributed by atoms with van der Waals surface area (Å²) >= 11 is 7.27. The molecule has 7 heteroatoms. The van der Waals surface area contributed by atoms with Crippen LogP contribution in [0.4, 0.5) is 5.69 Å². The van der Waals surface area contributed by atoms with Crippen molar-refractivity contribution in [2.24, 2.45) is 4.99 Å². The third-order valence-electron chi connectivity index (χ3n) is 7.41. The van der Waals surface area contributed by atoms with Crippen molar-refractivity contribution in [2.45, 2.75) is 58.8 Å². The van der Waals surface area contributed by atoms with Gasteiger partial charge in [0.05, 0.1) is 17.2 Å². The van der Waals surface area contributed by atoms with Crippen molar-refractivity contribution >= 4 is 46.1 Å². The van der Waals surface area contributed by atoms with Crippen LogP contribution in [-0.4, -0.2) is 27.3 Å². The van der Waals surface area contributed by atoms with Gasteiger partial charge in [-0.15, -0.1) is 0 Å². The highest BCUT2D eigenvalue weighted by Crippen LogP contribution is 2.41. The van der Waals surface area contributed by atoms with E-state index in [9.17, 15) is 9.90 Å². The smallest absolute Gasteiger partial charge is 0.344 e. The van der Waals surface area contributed by atoms with Gasteiger partial charge in [0, 0.05) is 22.1 Å². The van der Waals surface area contributed by atoms with Crippen LogP contribution in [0, 0.1) is 13.8 Å². The fourth-order valence-corrected chi connectivity index (χ4v) is 6.58. The van der Waals surface area contributed by atoms with E-state index in [1.54, 1.807) is 31.2 Å². The number of carbonyl (C=O) groups is 1. The molecule has 0 atom stereocenters. The van der Waals surface area contributed by atoms with E-state index in [-0.39, 0.29) is 17.9 Å². The first-order valence-corrected chi connectivity index (χ1v) is 14.7. The van der Waals surface area contributed by atoms with E-state index in [4.69, 9.17) is 16.3 Å². The molecule has 5 nitrogen and oxygen atoms in total. The monoisotopic (exact) mass is 560 g/mol. The van der Waals surface area contributed by atoms with E-state index in [1.165, 1.54) is 49.4 Å². The van der Waals surface area contributed by atoms with Crippen molar-refractivity contribution in [3.8, 4) is 5.69 Å². The molecular weight excluding hydrogens is 528 g/mol. The topological polar surface area (TPSA) is 63.8 Å². The minimum atomic E-state index is -0.595. The second-order valence-electron chi connectivity index (χ2n) is 10.0. The second-order valence-corrected chi connectivity index (χ2v) is 11.5. The number of aliphatic hydroxyl groups excluding tert-OH is 1. The molecule has 2 aliphatic rings. The lowest BCUT2D eigenvalue weighted by molar-refractivity contribution is -0.138. The summed E-state index contributed by atoms with van der Waals surface area (Å²) in [5.41, 5.74) is 6.37. The minimum Gasteiger partial charge on any atom is -0.506 e. The lowest BCUT2D eigenvalue weighted by atomic mass is 9.84. The molecule has 1 N–H and O–H groups in total. The van der Waals surface area contributed by atoms with Gasteiger partial charge in [-0.1, -0.05) is 54.8 Å². The maximum atomic E-state index is 12.8. The van der Waals surface area contributed by atoms with Crippen molar-refractivity contribution in [1.82, 2.24) is 4.57 Å². The number of ether oxygens (including phenoxy) is 1. The van der Waals surface area contributed by atoms with Gasteiger partial charge in [0.15, 0.2) is 0 Å². The van der Waals surface area contributed by atoms with Gasteiger partial charge >= 0.3 is 5.97 Å². The Balaban J connectivity index is 1.47. The van der Waals surface area contributed by atoms with E-state index >= 15 is 0 Å². The van der Waals surface area contributed by atoms with Gasteiger partial charge in [0.2, 0.25) is 0 Å². The number of thioether (sulfide) groups is 1. The number of hydrogen-bond donors (Lipinski definition) is 1. The van der Waals surface area contributed by atoms with E-state index in [2.05, 4.69) is 53.7 Å². The molecule has 1 saturated carbocycles. The molecule has 0 saturated heterocycles. The third kappa shape index (κ3) is 5.87. The minimum absolute atomic E-state index is 0.0789. The highest BCUT2D eigenvalue weighted by atomic mass is 35.5. The van der Waals surface area contributed by atoms with Crippen LogP contribution in [0.2, 0.25) is 5.02 Å². The Labute approximate surface area is 239 Å². The molecule has 2 aromatic carbocycles. The fourth-order valence-electron chi connectivity index (χ4n) is 5.43. The molecule has 1 fully saturated rings. The molecule has 1 aliphatic heterocycles. The van der Waals surface area contributed by atoms with Crippen LogP contribution in [0.25, 0.3) is 11.8 Å². The van der Waals surface area contributed by atoms with Crippen LogP contribution >= 0.6 is 23.4 Å². The van der Waals surface area contributed by atoms with E-state index < -0.39 is 5.97 Å². The number of hydrogen-bond acceptors (Lipinski definition) is 5. The van der Waals surface area contributed by atoms with Gasteiger partial charge in [0.25, 0.3) is 0 Å². The van der Waals surface area contributed by atoms with Crippen LogP contribution in [0.1, 0.15) is 67.5 Å². The van der Waals surface area contributed by atoms with Gasteiger partial charge in [-0.3, -0.25) is 0 Å². The Bertz CT molecular complexity index is 1460. The zero-order valence-electron chi connectivity index (χ0n) is 22.5. The summed E-state index contributed by atoms with van der Waals surface area (Å²) in [5.74, 6) is -0.0404. The van der Waals surface area contributed by atoms with Crippen molar-refractivity contribution in [3.05, 3.63) is 98.4 Å². The van der Waals surface area contributed by atoms with E-state index in [0.717, 1.165) is 22.6 Å². The summed E-state index contributed by atoms with van der Waals surface area (Å²) < 4.78 is 7.47. The first-order chi connectivity index (χ1) is 18.9. The van der Waals surface area contributed by atoms with Gasteiger partial charge in [0.1, 0.15) is 16.4 Å². The molecule has 5 rings (SSSR count). The first kappa shape index (κ1) is 27.4. The van der Waals surface area contributed by atoms with E-state index in [0.29, 0.717) is 26.6 Å². The molecule has 0 radical (unpaired) electrons. The Hall–Kier alpha value is -3.22. The number of aryl methyl sites for hydroxylation is 1. The zero-order valence-corrected chi connectivity index (χ0v) is 24.1. The maximum absolute atomic E-state index is 12.8.